The zero-order chi connectivity index (χ0) is 10.7. The molecule has 1 saturated heterocycles. The van der Waals surface area contributed by atoms with Crippen molar-refractivity contribution in [1.29, 1.82) is 0 Å². The third kappa shape index (κ3) is 2.60. The number of hydrogen-bond acceptors (Lipinski definition) is 4. The van der Waals surface area contributed by atoms with Gasteiger partial charge in [0.1, 0.15) is 5.76 Å². The van der Waals surface area contributed by atoms with Gasteiger partial charge >= 0.3 is 0 Å². The Kier molecular flexibility index (Phi) is 3.80. The van der Waals surface area contributed by atoms with Crippen LogP contribution in [-0.2, 0) is 4.74 Å². The molecule has 0 amide bonds. The van der Waals surface area contributed by atoms with Gasteiger partial charge in [0.25, 0.3) is 0 Å². The maximum atomic E-state index is 5.58. The first-order valence-corrected chi connectivity index (χ1v) is 5.89. The monoisotopic (exact) mass is 274 g/mol. The quantitative estimate of drug-likeness (QED) is 0.654. The summed E-state index contributed by atoms with van der Waals surface area (Å²) < 4.78 is 11.6. The second-order valence-electron chi connectivity index (χ2n) is 3.74. The molecule has 2 rings (SSSR count). The zero-order valence-electron chi connectivity index (χ0n) is 8.41. The van der Waals surface area contributed by atoms with Gasteiger partial charge in [0.2, 0.25) is 0 Å². The molecule has 3 N–H and O–H groups in total. The summed E-state index contributed by atoms with van der Waals surface area (Å²) in [7, 11) is 0. The van der Waals surface area contributed by atoms with Crippen LogP contribution in [-0.4, -0.2) is 13.2 Å². The Hall–Kier alpha value is -0.360. The summed E-state index contributed by atoms with van der Waals surface area (Å²) in [5.41, 5.74) is 2.83. The number of hydrazine groups is 1. The van der Waals surface area contributed by atoms with Crippen LogP contribution in [0.15, 0.2) is 21.2 Å². The second-order valence-corrected chi connectivity index (χ2v) is 4.52. The summed E-state index contributed by atoms with van der Waals surface area (Å²) in [5.74, 6) is 6.95. The zero-order valence-corrected chi connectivity index (χ0v) is 10.00. The van der Waals surface area contributed by atoms with E-state index in [9.17, 15) is 0 Å². The molecule has 0 spiro atoms. The number of nitrogens with one attached hydrogen (secondary N) is 1. The molecule has 1 fully saturated rings. The molecule has 15 heavy (non-hydrogen) atoms. The Balaban J connectivity index is 2.08. The molecule has 2 heterocycles. The smallest absolute Gasteiger partial charge is 0.169 e. The van der Waals surface area contributed by atoms with E-state index in [1.165, 1.54) is 0 Å². The lowest BCUT2D eigenvalue weighted by atomic mass is 9.91. The van der Waals surface area contributed by atoms with Crippen molar-refractivity contribution in [2.45, 2.75) is 18.9 Å². The third-order valence-corrected chi connectivity index (χ3v) is 3.24. The Bertz CT molecular complexity index is 310. The number of rotatable bonds is 3. The molecule has 1 aliphatic rings. The summed E-state index contributed by atoms with van der Waals surface area (Å²) in [5, 5.41) is 0. The van der Waals surface area contributed by atoms with Gasteiger partial charge in [-0.25, -0.2) is 5.43 Å². The topological polar surface area (TPSA) is 60.4 Å². The lowest BCUT2D eigenvalue weighted by Crippen LogP contribution is -2.35. The summed E-state index contributed by atoms with van der Waals surface area (Å²) in [6.45, 7) is 1.62. The summed E-state index contributed by atoms with van der Waals surface area (Å²) in [4.78, 5) is 0. The van der Waals surface area contributed by atoms with Crippen LogP contribution in [0.3, 0.4) is 0 Å². The minimum absolute atomic E-state index is 0.0835. The average molecular weight is 275 g/mol. The highest BCUT2D eigenvalue weighted by atomic mass is 79.9. The lowest BCUT2D eigenvalue weighted by Gasteiger charge is -2.28. The van der Waals surface area contributed by atoms with E-state index in [2.05, 4.69) is 21.4 Å². The fourth-order valence-electron chi connectivity index (χ4n) is 2.00. The highest BCUT2D eigenvalue weighted by Gasteiger charge is 2.26. The van der Waals surface area contributed by atoms with E-state index in [0.29, 0.717) is 5.92 Å². The van der Waals surface area contributed by atoms with Crippen molar-refractivity contribution >= 4 is 15.9 Å². The molecule has 0 radical (unpaired) electrons. The van der Waals surface area contributed by atoms with Gasteiger partial charge < -0.3 is 9.15 Å². The molecule has 1 aromatic heterocycles. The molecule has 0 aromatic carbocycles. The fraction of sp³-hybridized carbons (Fsp3) is 0.600. The summed E-state index contributed by atoms with van der Waals surface area (Å²) in [6, 6.07) is 3.92. The maximum absolute atomic E-state index is 5.58. The first-order chi connectivity index (χ1) is 7.31. The second kappa shape index (κ2) is 5.12. The highest BCUT2D eigenvalue weighted by Crippen LogP contribution is 2.31. The Labute approximate surface area is 97.3 Å². The van der Waals surface area contributed by atoms with Gasteiger partial charge in [0, 0.05) is 13.2 Å². The molecular formula is C10H15BrN2O2. The van der Waals surface area contributed by atoms with Crippen molar-refractivity contribution in [2.24, 2.45) is 11.8 Å². The standard InChI is InChI=1S/C10H15BrN2O2/c11-9-2-1-8(15-9)10(13-12)7-3-5-14-6-4-7/h1-2,7,10,13H,3-6,12H2. The normalized spacial score (nSPS) is 20.4. The van der Waals surface area contributed by atoms with Gasteiger partial charge in [0.15, 0.2) is 4.67 Å². The van der Waals surface area contributed by atoms with Crippen LogP contribution in [0.4, 0.5) is 0 Å². The van der Waals surface area contributed by atoms with Crippen LogP contribution in [0, 0.1) is 5.92 Å². The molecule has 0 bridgehead atoms. The Morgan fingerprint density at radius 1 is 1.40 bits per heavy atom. The van der Waals surface area contributed by atoms with Crippen molar-refractivity contribution in [3.63, 3.8) is 0 Å². The van der Waals surface area contributed by atoms with Crippen LogP contribution in [0.5, 0.6) is 0 Å². The number of ether oxygens (including phenoxy) is 1. The van der Waals surface area contributed by atoms with E-state index >= 15 is 0 Å². The van der Waals surface area contributed by atoms with E-state index in [1.54, 1.807) is 0 Å². The first-order valence-electron chi connectivity index (χ1n) is 5.10. The Morgan fingerprint density at radius 2 is 2.13 bits per heavy atom. The van der Waals surface area contributed by atoms with Crippen LogP contribution >= 0.6 is 15.9 Å². The van der Waals surface area contributed by atoms with Crippen molar-refractivity contribution in [2.75, 3.05) is 13.2 Å². The molecule has 4 nitrogen and oxygen atoms in total. The predicted octanol–water partition coefficient (Wildman–Crippen LogP) is 1.97. The summed E-state index contributed by atoms with van der Waals surface area (Å²) in [6.07, 6.45) is 2.04. The molecule has 0 saturated carbocycles. The largest absolute Gasteiger partial charge is 0.453 e. The average Bonchev–Trinajstić information content (AvgIpc) is 2.68. The molecule has 1 aromatic rings. The van der Waals surface area contributed by atoms with E-state index in [4.69, 9.17) is 15.0 Å². The van der Waals surface area contributed by atoms with Crippen LogP contribution < -0.4 is 11.3 Å². The van der Waals surface area contributed by atoms with Crippen molar-refractivity contribution in [1.82, 2.24) is 5.43 Å². The third-order valence-electron chi connectivity index (χ3n) is 2.82. The summed E-state index contributed by atoms with van der Waals surface area (Å²) >= 11 is 3.29. The van der Waals surface area contributed by atoms with Gasteiger partial charge in [-0.15, -0.1) is 0 Å². The first kappa shape index (κ1) is 11.1. The van der Waals surface area contributed by atoms with E-state index < -0.39 is 0 Å². The van der Waals surface area contributed by atoms with Crippen molar-refractivity contribution in [3.05, 3.63) is 22.6 Å². The van der Waals surface area contributed by atoms with E-state index in [0.717, 1.165) is 36.5 Å². The minimum atomic E-state index is 0.0835. The number of furan rings is 1. The van der Waals surface area contributed by atoms with Gasteiger partial charge in [-0.05, 0) is 46.8 Å². The SMILES string of the molecule is NNC(c1ccc(Br)o1)C1CCOCC1. The van der Waals surface area contributed by atoms with Crippen LogP contribution in [0.2, 0.25) is 0 Å². The van der Waals surface area contributed by atoms with E-state index in [1.807, 2.05) is 12.1 Å². The van der Waals surface area contributed by atoms with Crippen molar-refractivity contribution in [3.8, 4) is 0 Å². The lowest BCUT2D eigenvalue weighted by molar-refractivity contribution is 0.0505. The number of nitrogens with two attached hydrogens (primary N) is 1. The van der Waals surface area contributed by atoms with E-state index in [-0.39, 0.29) is 6.04 Å². The molecule has 5 heteroatoms. The molecule has 1 unspecified atom stereocenters. The minimum Gasteiger partial charge on any atom is -0.453 e. The molecule has 0 aliphatic carbocycles. The van der Waals surface area contributed by atoms with Gasteiger partial charge in [-0.2, -0.15) is 0 Å². The fourth-order valence-corrected chi connectivity index (χ4v) is 2.31. The molecule has 1 aliphatic heterocycles. The molecular weight excluding hydrogens is 260 g/mol. The van der Waals surface area contributed by atoms with Gasteiger partial charge in [-0.1, -0.05) is 0 Å². The van der Waals surface area contributed by atoms with Gasteiger partial charge in [-0.3, -0.25) is 5.84 Å². The highest BCUT2D eigenvalue weighted by molar-refractivity contribution is 9.10. The van der Waals surface area contributed by atoms with Gasteiger partial charge in [0.05, 0.1) is 6.04 Å². The maximum Gasteiger partial charge on any atom is 0.169 e. The van der Waals surface area contributed by atoms with Crippen LogP contribution in [0.25, 0.3) is 0 Å². The number of hydrogen-bond donors (Lipinski definition) is 2. The number of halogens is 1. The van der Waals surface area contributed by atoms with Crippen molar-refractivity contribution < 1.29 is 9.15 Å². The molecule has 84 valence electrons. The molecule has 1 atom stereocenters. The predicted molar refractivity (Wildman–Crippen MR) is 60.0 cm³/mol. The Morgan fingerprint density at radius 3 is 2.67 bits per heavy atom. The van der Waals surface area contributed by atoms with Crippen LogP contribution in [0.1, 0.15) is 24.6 Å².